The fourth-order valence-electron chi connectivity index (χ4n) is 2.23. The number of nitrogens with two attached hydrogens (primary N) is 1. The van der Waals surface area contributed by atoms with Gasteiger partial charge in [-0.1, -0.05) is 41.9 Å². The zero-order chi connectivity index (χ0) is 16.8. The maximum Gasteiger partial charge on any atom is 0.244 e. The van der Waals surface area contributed by atoms with Crippen LogP contribution in [-0.2, 0) is 16.0 Å². The maximum atomic E-state index is 12.3. The lowest BCUT2D eigenvalue weighted by molar-refractivity contribution is -0.127. The van der Waals surface area contributed by atoms with Crippen molar-refractivity contribution < 1.29 is 14.3 Å². The van der Waals surface area contributed by atoms with E-state index in [1.54, 1.807) is 42.5 Å². The molecule has 2 aromatic rings. The Morgan fingerprint density at radius 1 is 1.22 bits per heavy atom. The van der Waals surface area contributed by atoms with Gasteiger partial charge in [-0.05, 0) is 23.8 Å². The number of nitrogens with one attached hydrogen (secondary N) is 1. The molecule has 2 amide bonds. The first-order valence-corrected chi connectivity index (χ1v) is 7.35. The molecule has 23 heavy (non-hydrogen) atoms. The first-order valence-electron chi connectivity index (χ1n) is 6.97. The van der Waals surface area contributed by atoms with Crippen molar-refractivity contribution >= 4 is 23.4 Å². The molecule has 0 heterocycles. The van der Waals surface area contributed by atoms with Crippen LogP contribution in [0.15, 0.2) is 48.5 Å². The molecule has 2 rings (SSSR count). The van der Waals surface area contributed by atoms with E-state index in [0.717, 1.165) is 0 Å². The average molecular weight is 333 g/mol. The summed E-state index contributed by atoms with van der Waals surface area (Å²) < 4.78 is 5.21. The zero-order valence-corrected chi connectivity index (χ0v) is 13.3. The zero-order valence-electron chi connectivity index (χ0n) is 12.6. The quantitative estimate of drug-likeness (QED) is 0.851. The molecule has 0 unspecified atom stereocenters. The van der Waals surface area contributed by atoms with Crippen molar-refractivity contribution in [2.75, 3.05) is 7.11 Å². The van der Waals surface area contributed by atoms with Crippen molar-refractivity contribution in [3.05, 3.63) is 64.7 Å². The van der Waals surface area contributed by atoms with Crippen molar-refractivity contribution in [2.24, 2.45) is 5.73 Å². The summed E-state index contributed by atoms with van der Waals surface area (Å²) in [7, 11) is 1.51. The predicted octanol–water partition coefficient (Wildman–Crippen LogP) is 2.23. The summed E-state index contributed by atoms with van der Waals surface area (Å²) in [6.07, 6.45) is 0.0281. The molecule has 120 valence electrons. The Bertz CT molecular complexity index is 704. The smallest absolute Gasteiger partial charge is 0.244 e. The topological polar surface area (TPSA) is 81.4 Å². The van der Waals surface area contributed by atoms with Gasteiger partial charge in [0.2, 0.25) is 11.8 Å². The second-order valence-corrected chi connectivity index (χ2v) is 5.38. The first-order chi connectivity index (χ1) is 11.0. The van der Waals surface area contributed by atoms with Gasteiger partial charge >= 0.3 is 0 Å². The normalized spacial score (nSPS) is 11.6. The minimum absolute atomic E-state index is 0.0281. The van der Waals surface area contributed by atoms with Crippen LogP contribution in [0, 0.1) is 0 Å². The van der Waals surface area contributed by atoms with Crippen LogP contribution < -0.4 is 15.8 Å². The lowest BCUT2D eigenvalue weighted by atomic mass is 10.1. The van der Waals surface area contributed by atoms with Crippen LogP contribution in [0.5, 0.6) is 5.75 Å². The number of ether oxygens (including phenoxy) is 1. The number of benzene rings is 2. The second kappa shape index (κ2) is 7.65. The highest BCUT2D eigenvalue weighted by Crippen LogP contribution is 2.23. The fourth-order valence-corrected chi connectivity index (χ4v) is 2.43. The van der Waals surface area contributed by atoms with Gasteiger partial charge in [0.05, 0.1) is 13.5 Å². The van der Waals surface area contributed by atoms with Crippen molar-refractivity contribution in [3.8, 4) is 5.75 Å². The standard InChI is InChI=1S/C17H17ClN2O3/c1-23-14-8-7-13(18)9-12(14)10-15(21)20-16(17(19)22)11-5-3-2-4-6-11/h2-9,16H,10H2,1H3,(H2,19,22)(H,20,21)/t16-/m0/s1. The summed E-state index contributed by atoms with van der Waals surface area (Å²) in [4.78, 5) is 23.9. The molecule has 0 aliphatic rings. The molecule has 0 aliphatic carbocycles. The second-order valence-electron chi connectivity index (χ2n) is 4.95. The molecule has 5 nitrogen and oxygen atoms in total. The Kier molecular flexibility index (Phi) is 5.60. The summed E-state index contributed by atoms with van der Waals surface area (Å²) in [5.41, 5.74) is 6.66. The Morgan fingerprint density at radius 3 is 2.52 bits per heavy atom. The summed E-state index contributed by atoms with van der Waals surface area (Å²) in [6.45, 7) is 0. The molecule has 0 bridgehead atoms. The van der Waals surface area contributed by atoms with Crippen LogP contribution in [0.2, 0.25) is 5.02 Å². The fraction of sp³-hybridized carbons (Fsp3) is 0.176. The molecule has 0 aliphatic heterocycles. The summed E-state index contributed by atoms with van der Waals surface area (Å²) in [5, 5.41) is 3.14. The number of hydrogen-bond acceptors (Lipinski definition) is 3. The molecule has 1 atom stereocenters. The monoisotopic (exact) mass is 332 g/mol. The van der Waals surface area contributed by atoms with E-state index in [1.807, 2.05) is 6.07 Å². The highest BCUT2D eigenvalue weighted by atomic mass is 35.5. The molecule has 0 saturated carbocycles. The number of hydrogen-bond donors (Lipinski definition) is 2. The molecule has 0 saturated heterocycles. The third kappa shape index (κ3) is 4.47. The number of carbonyl (C=O) groups excluding carboxylic acids is 2. The van der Waals surface area contributed by atoms with Gasteiger partial charge in [-0.3, -0.25) is 9.59 Å². The van der Waals surface area contributed by atoms with Gasteiger partial charge in [0.25, 0.3) is 0 Å². The highest BCUT2D eigenvalue weighted by Gasteiger charge is 2.20. The van der Waals surface area contributed by atoms with Gasteiger partial charge in [-0.25, -0.2) is 0 Å². The van der Waals surface area contributed by atoms with Crippen LogP contribution >= 0.6 is 11.6 Å². The van der Waals surface area contributed by atoms with E-state index in [2.05, 4.69) is 5.32 Å². The molecular weight excluding hydrogens is 316 g/mol. The van der Waals surface area contributed by atoms with E-state index >= 15 is 0 Å². The predicted molar refractivity (Wildman–Crippen MR) is 88.2 cm³/mol. The first kappa shape index (κ1) is 16.8. The van der Waals surface area contributed by atoms with Crippen LogP contribution in [0.25, 0.3) is 0 Å². The molecule has 6 heteroatoms. The summed E-state index contributed by atoms with van der Waals surface area (Å²) in [5.74, 6) is -0.416. The van der Waals surface area contributed by atoms with Gasteiger partial charge < -0.3 is 15.8 Å². The Hall–Kier alpha value is -2.53. The number of halogens is 1. The molecule has 0 radical (unpaired) electrons. The van der Waals surface area contributed by atoms with Crippen LogP contribution in [0.1, 0.15) is 17.2 Å². The van der Waals surface area contributed by atoms with E-state index in [0.29, 0.717) is 21.9 Å². The van der Waals surface area contributed by atoms with E-state index in [4.69, 9.17) is 22.1 Å². The van der Waals surface area contributed by atoms with Gasteiger partial charge in [-0.15, -0.1) is 0 Å². The van der Waals surface area contributed by atoms with Crippen molar-refractivity contribution in [1.82, 2.24) is 5.32 Å². The summed E-state index contributed by atoms with van der Waals surface area (Å²) >= 11 is 5.95. The molecule has 0 spiro atoms. The van der Waals surface area contributed by atoms with Gasteiger partial charge in [0.1, 0.15) is 11.8 Å². The Morgan fingerprint density at radius 2 is 1.91 bits per heavy atom. The van der Waals surface area contributed by atoms with Crippen molar-refractivity contribution in [3.63, 3.8) is 0 Å². The van der Waals surface area contributed by atoms with Crippen LogP contribution in [0.4, 0.5) is 0 Å². The number of amides is 2. The number of rotatable bonds is 6. The lowest BCUT2D eigenvalue weighted by Gasteiger charge is -2.16. The highest BCUT2D eigenvalue weighted by molar-refractivity contribution is 6.30. The molecular formula is C17H17ClN2O3. The maximum absolute atomic E-state index is 12.3. The van der Waals surface area contributed by atoms with Gasteiger partial charge in [-0.2, -0.15) is 0 Å². The van der Waals surface area contributed by atoms with Crippen LogP contribution in [0.3, 0.4) is 0 Å². The number of methoxy groups -OCH3 is 1. The minimum Gasteiger partial charge on any atom is -0.496 e. The number of carbonyl (C=O) groups is 2. The van der Waals surface area contributed by atoms with E-state index < -0.39 is 11.9 Å². The SMILES string of the molecule is COc1ccc(Cl)cc1CC(=O)N[C@H](C(N)=O)c1ccccc1. The lowest BCUT2D eigenvalue weighted by Crippen LogP contribution is -2.38. The average Bonchev–Trinajstić information content (AvgIpc) is 2.53. The molecule has 0 fully saturated rings. The third-order valence-electron chi connectivity index (χ3n) is 3.32. The van der Waals surface area contributed by atoms with E-state index in [9.17, 15) is 9.59 Å². The molecule has 3 N–H and O–H groups in total. The van der Waals surface area contributed by atoms with Crippen LogP contribution in [-0.4, -0.2) is 18.9 Å². The summed E-state index contributed by atoms with van der Waals surface area (Å²) in [6, 6.07) is 13.0. The Labute approximate surface area is 139 Å². The molecule has 2 aromatic carbocycles. The van der Waals surface area contributed by atoms with Gasteiger partial charge in [0, 0.05) is 10.6 Å². The third-order valence-corrected chi connectivity index (χ3v) is 3.55. The Balaban J connectivity index is 2.14. The van der Waals surface area contributed by atoms with Crippen molar-refractivity contribution in [1.29, 1.82) is 0 Å². The largest absolute Gasteiger partial charge is 0.496 e. The van der Waals surface area contributed by atoms with Crippen molar-refractivity contribution in [2.45, 2.75) is 12.5 Å². The van der Waals surface area contributed by atoms with Gasteiger partial charge in [0.15, 0.2) is 0 Å². The molecule has 0 aromatic heterocycles. The van der Waals surface area contributed by atoms with E-state index in [-0.39, 0.29) is 12.3 Å². The van der Waals surface area contributed by atoms with E-state index in [1.165, 1.54) is 7.11 Å². The minimum atomic E-state index is -0.881. The number of primary amides is 1.